The van der Waals surface area contributed by atoms with Gasteiger partial charge in [-0.1, -0.05) is 18.2 Å². The van der Waals surface area contributed by atoms with Crippen LogP contribution < -0.4 is 4.74 Å². The Labute approximate surface area is 101 Å². The van der Waals surface area contributed by atoms with E-state index in [0.29, 0.717) is 0 Å². The van der Waals surface area contributed by atoms with Gasteiger partial charge in [0, 0.05) is 24.4 Å². The summed E-state index contributed by atoms with van der Waals surface area (Å²) in [4.78, 5) is 4.14. The van der Waals surface area contributed by atoms with Crippen LogP contribution in [0.2, 0.25) is 0 Å². The van der Waals surface area contributed by atoms with Crippen LogP contribution in [0.1, 0.15) is 19.4 Å². The Morgan fingerprint density at radius 1 is 1.18 bits per heavy atom. The van der Waals surface area contributed by atoms with Crippen LogP contribution in [0.4, 0.5) is 0 Å². The third-order valence-corrected chi connectivity index (χ3v) is 3.06. The number of benzene rings is 1. The average Bonchev–Trinajstić information content (AvgIpc) is 2.63. The molecule has 17 heavy (non-hydrogen) atoms. The molecule has 0 radical (unpaired) electrons. The third kappa shape index (κ3) is 1.91. The fourth-order valence-electron chi connectivity index (χ4n) is 2.30. The molecule has 86 valence electrons. The highest BCUT2D eigenvalue weighted by molar-refractivity contribution is 5.65. The minimum Gasteiger partial charge on any atom is -0.487 e. The molecule has 1 aromatic heterocycles. The predicted octanol–water partition coefficient (Wildman–Crippen LogP) is 3.46. The molecule has 2 heteroatoms. The molecule has 0 atom stereocenters. The molecule has 2 aromatic rings. The predicted molar refractivity (Wildman–Crippen MR) is 68.1 cm³/mol. The monoisotopic (exact) mass is 225 g/mol. The lowest BCUT2D eigenvalue weighted by atomic mass is 9.99. The smallest absolute Gasteiger partial charge is 0.124 e. The minimum atomic E-state index is -0.0735. The molecule has 1 aliphatic heterocycles. The highest BCUT2D eigenvalue weighted by Gasteiger charge is 2.29. The Bertz CT molecular complexity index is 546. The van der Waals surface area contributed by atoms with Crippen molar-refractivity contribution in [1.82, 2.24) is 4.98 Å². The maximum atomic E-state index is 5.94. The summed E-state index contributed by atoms with van der Waals surface area (Å²) in [5.41, 5.74) is 3.51. The van der Waals surface area contributed by atoms with Gasteiger partial charge in [0.05, 0.1) is 0 Å². The highest BCUT2D eigenvalue weighted by atomic mass is 16.5. The number of fused-ring (bicyclic) bond motifs is 1. The van der Waals surface area contributed by atoms with Crippen molar-refractivity contribution < 1.29 is 4.74 Å². The quantitative estimate of drug-likeness (QED) is 0.741. The Balaban J connectivity index is 2.02. The maximum Gasteiger partial charge on any atom is 0.124 e. The molecule has 0 saturated carbocycles. The molecule has 2 nitrogen and oxygen atoms in total. The molecule has 0 fully saturated rings. The molecule has 0 saturated heterocycles. The van der Waals surface area contributed by atoms with Crippen molar-refractivity contribution in [2.24, 2.45) is 0 Å². The van der Waals surface area contributed by atoms with Gasteiger partial charge in [-0.25, -0.2) is 0 Å². The number of rotatable bonds is 1. The minimum absolute atomic E-state index is 0.0735. The zero-order valence-electron chi connectivity index (χ0n) is 10.1. The fourth-order valence-corrected chi connectivity index (χ4v) is 2.30. The average molecular weight is 225 g/mol. The summed E-state index contributed by atoms with van der Waals surface area (Å²) in [7, 11) is 0. The van der Waals surface area contributed by atoms with Crippen LogP contribution in [-0.2, 0) is 6.42 Å². The van der Waals surface area contributed by atoms with Gasteiger partial charge in [0.25, 0.3) is 0 Å². The molecule has 0 N–H and O–H groups in total. The largest absolute Gasteiger partial charge is 0.487 e. The van der Waals surface area contributed by atoms with E-state index in [2.05, 4.69) is 43.1 Å². The Morgan fingerprint density at radius 2 is 2.06 bits per heavy atom. The van der Waals surface area contributed by atoms with Gasteiger partial charge in [-0.15, -0.1) is 0 Å². The molecule has 0 amide bonds. The Hall–Kier alpha value is -1.83. The molecule has 3 rings (SSSR count). The molecule has 1 aliphatic rings. The van der Waals surface area contributed by atoms with E-state index < -0.39 is 0 Å². The van der Waals surface area contributed by atoms with E-state index in [1.54, 1.807) is 6.20 Å². The summed E-state index contributed by atoms with van der Waals surface area (Å²) in [6.45, 7) is 4.24. The summed E-state index contributed by atoms with van der Waals surface area (Å²) in [6.07, 6.45) is 4.65. The number of hydrogen-bond acceptors (Lipinski definition) is 2. The van der Waals surface area contributed by atoms with Gasteiger partial charge >= 0.3 is 0 Å². The van der Waals surface area contributed by atoms with Gasteiger partial charge in [-0.05, 0) is 37.1 Å². The summed E-state index contributed by atoms with van der Waals surface area (Å²) in [5.74, 6) is 1.01. The van der Waals surface area contributed by atoms with Crippen LogP contribution in [0.3, 0.4) is 0 Å². The van der Waals surface area contributed by atoms with E-state index >= 15 is 0 Å². The lowest BCUT2D eigenvalue weighted by Crippen LogP contribution is -2.24. The van der Waals surface area contributed by atoms with E-state index in [1.807, 2.05) is 12.3 Å². The van der Waals surface area contributed by atoms with Crippen molar-refractivity contribution in [2.75, 3.05) is 0 Å². The van der Waals surface area contributed by atoms with Gasteiger partial charge in [0.2, 0.25) is 0 Å². The lowest BCUT2D eigenvalue weighted by molar-refractivity contribution is 0.138. The normalized spacial score (nSPS) is 16.4. The van der Waals surface area contributed by atoms with Gasteiger partial charge in [0.1, 0.15) is 11.4 Å². The molecule has 0 unspecified atom stereocenters. The van der Waals surface area contributed by atoms with Crippen molar-refractivity contribution in [3.63, 3.8) is 0 Å². The first-order valence-electron chi connectivity index (χ1n) is 5.86. The van der Waals surface area contributed by atoms with E-state index in [1.165, 1.54) is 5.56 Å². The van der Waals surface area contributed by atoms with E-state index in [-0.39, 0.29) is 5.60 Å². The van der Waals surface area contributed by atoms with Crippen LogP contribution in [0.25, 0.3) is 11.1 Å². The zero-order chi connectivity index (χ0) is 11.9. The number of pyridine rings is 1. The van der Waals surface area contributed by atoms with Crippen molar-refractivity contribution in [3.05, 3.63) is 48.3 Å². The molecule has 0 spiro atoms. The van der Waals surface area contributed by atoms with E-state index in [4.69, 9.17) is 4.74 Å². The molecule has 1 aromatic carbocycles. The second-order valence-electron chi connectivity index (χ2n) is 5.10. The number of nitrogens with zero attached hydrogens (tertiary/aromatic N) is 1. The molecule has 0 bridgehead atoms. The second kappa shape index (κ2) is 3.59. The van der Waals surface area contributed by atoms with E-state index in [0.717, 1.165) is 23.3 Å². The summed E-state index contributed by atoms with van der Waals surface area (Å²) in [6, 6.07) is 10.4. The fraction of sp³-hybridized carbons (Fsp3) is 0.267. The first-order valence-corrected chi connectivity index (χ1v) is 5.86. The van der Waals surface area contributed by atoms with Crippen LogP contribution >= 0.6 is 0 Å². The van der Waals surface area contributed by atoms with Crippen LogP contribution in [0, 0.1) is 0 Å². The van der Waals surface area contributed by atoms with Crippen LogP contribution in [0.15, 0.2) is 42.7 Å². The summed E-state index contributed by atoms with van der Waals surface area (Å²) >= 11 is 0. The molecular weight excluding hydrogens is 210 g/mol. The topological polar surface area (TPSA) is 22.1 Å². The van der Waals surface area contributed by atoms with E-state index in [9.17, 15) is 0 Å². The third-order valence-electron chi connectivity index (χ3n) is 3.06. The van der Waals surface area contributed by atoms with Gasteiger partial charge in [-0.3, -0.25) is 4.98 Å². The first-order chi connectivity index (χ1) is 8.14. The van der Waals surface area contributed by atoms with Crippen LogP contribution in [-0.4, -0.2) is 10.6 Å². The standard InChI is InChI=1S/C15H15NO/c1-15(2)9-12-6-5-11(8-14(12)17-15)13-4-3-7-16-10-13/h3-8,10H,9H2,1-2H3. The Morgan fingerprint density at radius 3 is 2.82 bits per heavy atom. The molecule has 2 heterocycles. The van der Waals surface area contributed by atoms with Crippen molar-refractivity contribution in [2.45, 2.75) is 25.9 Å². The first kappa shape index (κ1) is 10.3. The lowest BCUT2D eigenvalue weighted by Gasteiger charge is -2.16. The van der Waals surface area contributed by atoms with Gasteiger partial charge in [-0.2, -0.15) is 0 Å². The number of ether oxygens (including phenoxy) is 1. The SMILES string of the molecule is CC1(C)Cc2ccc(-c3cccnc3)cc2O1. The van der Waals surface area contributed by atoms with Crippen molar-refractivity contribution >= 4 is 0 Å². The number of hydrogen-bond donors (Lipinski definition) is 0. The second-order valence-corrected chi connectivity index (χ2v) is 5.10. The molecule has 0 aliphatic carbocycles. The number of aromatic nitrogens is 1. The zero-order valence-corrected chi connectivity index (χ0v) is 10.1. The van der Waals surface area contributed by atoms with Gasteiger partial charge in [0.15, 0.2) is 0 Å². The van der Waals surface area contributed by atoms with Crippen LogP contribution in [0.5, 0.6) is 5.75 Å². The maximum absolute atomic E-state index is 5.94. The summed E-state index contributed by atoms with van der Waals surface area (Å²) in [5, 5.41) is 0. The van der Waals surface area contributed by atoms with Gasteiger partial charge < -0.3 is 4.74 Å². The summed E-state index contributed by atoms with van der Waals surface area (Å²) < 4.78 is 5.94. The van der Waals surface area contributed by atoms with Crippen molar-refractivity contribution in [1.29, 1.82) is 0 Å². The van der Waals surface area contributed by atoms with Crippen molar-refractivity contribution in [3.8, 4) is 16.9 Å². The Kier molecular flexibility index (Phi) is 2.18. The highest BCUT2D eigenvalue weighted by Crippen LogP contribution is 2.37. The molecular formula is C15H15NO.